The van der Waals surface area contributed by atoms with Crippen LogP contribution in [0.5, 0.6) is 5.75 Å². The van der Waals surface area contributed by atoms with Gasteiger partial charge in [-0.2, -0.15) is 0 Å². The SMILES string of the molecule is CCCN1C(=O)C(CC)(CC)Oc2cc(N)ccc21. The standard InChI is InChI=1S/C15H22N2O2/c1-4-9-17-12-8-7-11(16)10-13(12)19-15(5-2,6-3)14(17)18/h7-8,10H,4-6,9,16H2,1-3H3. The number of ether oxygens (including phenoxy) is 1. The second kappa shape index (κ2) is 5.11. The number of benzene rings is 1. The van der Waals surface area contributed by atoms with Gasteiger partial charge in [-0.3, -0.25) is 4.79 Å². The quantitative estimate of drug-likeness (QED) is 0.849. The first kappa shape index (κ1) is 13.7. The molecule has 0 spiro atoms. The molecule has 1 amide bonds. The predicted octanol–water partition coefficient (Wildman–Crippen LogP) is 2.96. The molecular weight excluding hydrogens is 240 g/mol. The second-order valence-corrected chi connectivity index (χ2v) is 4.99. The molecule has 0 saturated carbocycles. The number of nitrogens with two attached hydrogens (primary N) is 1. The number of rotatable bonds is 4. The monoisotopic (exact) mass is 262 g/mol. The van der Waals surface area contributed by atoms with Gasteiger partial charge in [-0.25, -0.2) is 0 Å². The zero-order valence-electron chi connectivity index (χ0n) is 11.9. The molecule has 0 aromatic heterocycles. The maximum absolute atomic E-state index is 12.7. The van der Waals surface area contributed by atoms with E-state index in [9.17, 15) is 4.79 Å². The largest absolute Gasteiger partial charge is 0.475 e. The van der Waals surface area contributed by atoms with Crippen LogP contribution in [0.1, 0.15) is 40.0 Å². The molecule has 0 aliphatic carbocycles. The summed E-state index contributed by atoms with van der Waals surface area (Å²) in [5.41, 5.74) is 6.57. The molecule has 0 bridgehead atoms. The van der Waals surface area contributed by atoms with Crippen LogP contribution in [0.25, 0.3) is 0 Å². The number of carbonyl (C=O) groups excluding carboxylic acids is 1. The Labute approximate surface area is 114 Å². The highest BCUT2D eigenvalue weighted by atomic mass is 16.5. The molecule has 19 heavy (non-hydrogen) atoms. The van der Waals surface area contributed by atoms with E-state index in [-0.39, 0.29) is 5.91 Å². The van der Waals surface area contributed by atoms with Crippen LogP contribution >= 0.6 is 0 Å². The van der Waals surface area contributed by atoms with Crippen LogP contribution in [0, 0.1) is 0 Å². The van der Waals surface area contributed by atoms with Gasteiger partial charge in [0.25, 0.3) is 5.91 Å². The van der Waals surface area contributed by atoms with Crippen molar-refractivity contribution in [3.8, 4) is 5.75 Å². The fourth-order valence-corrected chi connectivity index (χ4v) is 2.59. The number of carbonyl (C=O) groups is 1. The zero-order valence-corrected chi connectivity index (χ0v) is 11.9. The summed E-state index contributed by atoms with van der Waals surface area (Å²) in [5, 5.41) is 0. The predicted molar refractivity (Wildman–Crippen MR) is 77.4 cm³/mol. The molecule has 4 heteroatoms. The second-order valence-electron chi connectivity index (χ2n) is 4.99. The summed E-state index contributed by atoms with van der Waals surface area (Å²) < 4.78 is 6.02. The van der Waals surface area contributed by atoms with Crippen LogP contribution in [-0.2, 0) is 4.79 Å². The first-order valence-corrected chi connectivity index (χ1v) is 6.98. The van der Waals surface area contributed by atoms with E-state index in [2.05, 4.69) is 6.92 Å². The minimum atomic E-state index is -0.740. The fraction of sp³-hybridized carbons (Fsp3) is 0.533. The third kappa shape index (κ3) is 2.15. The number of hydrogen-bond donors (Lipinski definition) is 1. The Bertz CT molecular complexity index is 481. The average molecular weight is 262 g/mol. The number of nitrogen functional groups attached to an aromatic ring is 1. The van der Waals surface area contributed by atoms with Crippen LogP contribution in [0.15, 0.2) is 18.2 Å². The molecule has 4 nitrogen and oxygen atoms in total. The van der Waals surface area contributed by atoms with Crippen LogP contribution in [0.4, 0.5) is 11.4 Å². The van der Waals surface area contributed by atoms with Crippen molar-refractivity contribution < 1.29 is 9.53 Å². The smallest absolute Gasteiger partial charge is 0.271 e. The Balaban J connectivity index is 2.52. The Kier molecular flexibility index (Phi) is 3.69. The summed E-state index contributed by atoms with van der Waals surface area (Å²) in [6.07, 6.45) is 2.24. The van der Waals surface area contributed by atoms with Crippen molar-refractivity contribution in [2.75, 3.05) is 17.2 Å². The molecule has 0 saturated heterocycles. The van der Waals surface area contributed by atoms with Crippen LogP contribution < -0.4 is 15.4 Å². The Morgan fingerprint density at radius 2 is 1.95 bits per heavy atom. The fourth-order valence-electron chi connectivity index (χ4n) is 2.59. The van der Waals surface area contributed by atoms with Crippen molar-refractivity contribution in [2.24, 2.45) is 0 Å². The summed E-state index contributed by atoms with van der Waals surface area (Å²) in [4.78, 5) is 14.6. The van der Waals surface area contributed by atoms with Gasteiger partial charge in [-0.15, -0.1) is 0 Å². The van der Waals surface area contributed by atoms with Crippen molar-refractivity contribution in [1.82, 2.24) is 0 Å². The zero-order chi connectivity index (χ0) is 14.0. The van der Waals surface area contributed by atoms with Gasteiger partial charge in [0.1, 0.15) is 5.75 Å². The summed E-state index contributed by atoms with van der Waals surface area (Å²) in [6, 6.07) is 5.49. The van der Waals surface area contributed by atoms with Crippen LogP contribution in [0.2, 0.25) is 0 Å². The number of nitrogens with zero attached hydrogens (tertiary/aromatic N) is 1. The van der Waals surface area contributed by atoms with E-state index < -0.39 is 5.60 Å². The molecule has 1 heterocycles. The topological polar surface area (TPSA) is 55.6 Å². The summed E-state index contributed by atoms with van der Waals surface area (Å²) in [5.74, 6) is 0.786. The normalized spacial score (nSPS) is 17.0. The van der Waals surface area contributed by atoms with Gasteiger partial charge in [-0.1, -0.05) is 20.8 Å². The minimum Gasteiger partial charge on any atom is -0.475 e. The molecule has 104 valence electrons. The van der Waals surface area contributed by atoms with E-state index in [0.717, 1.165) is 17.9 Å². The van der Waals surface area contributed by atoms with Gasteiger partial charge in [0.2, 0.25) is 0 Å². The highest BCUT2D eigenvalue weighted by Crippen LogP contribution is 2.41. The number of fused-ring (bicyclic) bond motifs is 1. The summed E-state index contributed by atoms with van der Waals surface area (Å²) in [7, 11) is 0. The number of amides is 1. The van der Waals surface area contributed by atoms with Crippen LogP contribution in [0.3, 0.4) is 0 Å². The van der Waals surface area contributed by atoms with Gasteiger partial charge in [0, 0.05) is 18.3 Å². The van der Waals surface area contributed by atoms with Gasteiger partial charge in [-0.05, 0) is 31.4 Å². The van der Waals surface area contributed by atoms with Crippen molar-refractivity contribution >= 4 is 17.3 Å². The van der Waals surface area contributed by atoms with Gasteiger partial charge in [0.15, 0.2) is 5.60 Å². The molecule has 0 unspecified atom stereocenters. The molecule has 0 radical (unpaired) electrons. The molecule has 1 aliphatic heterocycles. The number of hydrogen-bond acceptors (Lipinski definition) is 3. The molecule has 1 aromatic rings. The van der Waals surface area contributed by atoms with Crippen molar-refractivity contribution in [2.45, 2.75) is 45.6 Å². The van der Waals surface area contributed by atoms with Gasteiger partial charge in [0.05, 0.1) is 5.69 Å². The third-order valence-corrected chi connectivity index (χ3v) is 3.80. The summed E-state index contributed by atoms with van der Waals surface area (Å²) in [6.45, 7) is 6.76. The van der Waals surface area contributed by atoms with Crippen molar-refractivity contribution in [1.29, 1.82) is 0 Å². The van der Waals surface area contributed by atoms with E-state index in [1.54, 1.807) is 0 Å². The number of anilines is 2. The van der Waals surface area contributed by atoms with E-state index in [0.29, 0.717) is 25.1 Å². The minimum absolute atomic E-state index is 0.0663. The first-order valence-electron chi connectivity index (χ1n) is 6.98. The molecule has 1 aliphatic rings. The van der Waals surface area contributed by atoms with E-state index >= 15 is 0 Å². The van der Waals surface area contributed by atoms with Crippen molar-refractivity contribution in [3.05, 3.63) is 18.2 Å². The maximum Gasteiger partial charge on any atom is 0.271 e. The van der Waals surface area contributed by atoms with Gasteiger partial charge >= 0.3 is 0 Å². The van der Waals surface area contributed by atoms with E-state index in [1.165, 1.54) is 0 Å². The van der Waals surface area contributed by atoms with Crippen molar-refractivity contribution in [3.63, 3.8) is 0 Å². The molecule has 1 aromatic carbocycles. The van der Waals surface area contributed by atoms with E-state index in [1.807, 2.05) is 36.9 Å². The third-order valence-electron chi connectivity index (χ3n) is 3.80. The summed E-state index contributed by atoms with van der Waals surface area (Å²) >= 11 is 0. The Morgan fingerprint density at radius 3 is 2.53 bits per heavy atom. The first-order chi connectivity index (χ1) is 9.07. The molecule has 2 rings (SSSR count). The lowest BCUT2D eigenvalue weighted by atomic mass is 9.92. The Hall–Kier alpha value is -1.71. The lowest BCUT2D eigenvalue weighted by Gasteiger charge is -2.42. The molecule has 0 fully saturated rings. The maximum atomic E-state index is 12.7. The van der Waals surface area contributed by atoms with E-state index in [4.69, 9.17) is 10.5 Å². The lowest BCUT2D eigenvalue weighted by molar-refractivity contribution is -0.136. The molecular formula is C15H22N2O2. The van der Waals surface area contributed by atoms with Crippen LogP contribution in [-0.4, -0.2) is 18.1 Å². The highest BCUT2D eigenvalue weighted by Gasteiger charge is 2.45. The lowest BCUT2D eigenvalue weighted by Crippen LogP contribution is -2.55. The molecule has 2 N–H and O–H groups in total. The average Bonchev–Trinajstić information content (AvgIpc) is 2.42. The van der Waals surface area contributed by atoms with Gasteiger partial charge < -0.3 is 15.4 Å². The highest BCUT2D eigenvalue weighted by molar-refractivity contribution is 6.03. The molecule has 0 atom stereocenters. The Morgan fingerprint density at radius 1 is 1.26 bits per heavy atom.